The molecule has 2 N–H and O–H groups in total. The standard InChI is InChI=1S/C18H15F3N2O2S/c1-11-2-3-12(8-15(11)16-9-22-10-26-16)17(24)23-13-4-6-14(7-5-13)25-18(19,20)21/h2-9,22H,10H2,1H3,(H,23,24). The summed E-state index contributed by atoms with van der Waals surface area (Å²) >= 11 is 1.65. The summed E-state index contributed by atoms with van der Waals surface area (Å²) in [7, 11) is 0. The van der Waals surface area contributed by atoms with Crippen molar-refractivity contribution in [2.24, 2.45) is 0 Å². The van der Waals surface area contributed by atoms with Gasteiger partial charge >= 0.3 is 6.36 Å². The van der Waals surface area contributed by atoms with Gasteiger partial charge in [-0.15, -0.1) is 24.9 Å². The Morgan fingerprint density at radius 3 is 2.54 bits per heavy atom. The summed E-state index contributed by atoms with van der Waals surface area (Å²) < 4.78 is 40.3. The second-order valence-corrected chi connectivity index (χ2v) is 6.57. The first-order valence-corrected chi connectivity index (χ1v) is 8.65. The molecule has 0 unspecified atom stereocenters. The molecule has 26 heavy (non-hydrogen) atoms. The van der Waals surface area contributed by atoms with Crippen molar-refractivity contribution in [1.29, 1.82) is 0 Å². The van der Waals surface area contributed by atoms with E-state index in [-0.39, 0.29) is 11.7 Å². The highest BCUT2D eigenvalue weighted by Crippen LogP contribution is 2.32. The van der Waals surface area contributed by atoms with Gasteiger partial charge in [0.2, 0.25) is 0 Å². The van der Waals surface area contributed by atoms with Gasteiger partial charge in [-0.05, 0) is 54.4 Å². The molecule has 0 fully saturated rings. The van der Waals surface area contributed by atoms with Crippen LogP contribution in [0.4, 0.5) is 18.9 Å². The van der Waals surface area contributed by atoms with Crippen LogP contribution < -0.4 is 15.4 Å². The predicted octanol–water partition coefficient (Wildman–Crippen LogP) is 4.74. The summed E-state index contributed by atoms with van der Waals surface area (Å²) in [5.41, 5.74) is 2.87. The maximum Gasteiger partial charge on any atom is 0.573 e. The van der Waals surface area contributed by atoms with Crippen LogP contribution in [0.2, 0.25) is 0 Å². The van der Waals surface area contributed by atoms with Crippen LogP contribution in [0.1, 0.15) is 21.5 Å². The van der Waals surface area contributed by atoms with Crippen LogP contribution in [0.3, 0.4) is 0 Å². The van der Waals surface area contributed by atoms with Crippen molar-refractivity contribution in [2.45, 2.75) is 13.3 Å². The fourth-order valence-electron chi connectivity index (χ4n) is 2.42. The van der Waals surface area contributed by atoms with Gasteiger partial charge in [-0.25, -0.2) is 0 Å². The van der Waals surface area contributed by atoms with E-state index in [2.05, 4.69) is 15.4 Å². The molecule has 0 aromatic heterocycles. The number of aryl methyl sites for hydroxylation is 1. The number of hydrogen-bond acceptors (Lipinski definition) is 4. The number of anilines is 1. The molecule has 4 nitrogen and oxygen atoms in total. The van der Waals surface area contributed by atoms with Gasteiger partial charge in [0, 0.05) is 22.4 Å². The minimum Gasteiger partial charge on any atom is -0.406 e. The van der Waals surface area contributed by atoms with Crippen LogP contribution in [-0.4, -0.2) is 18.1 Å². The second kappa shape index (κ2) is 7.33. The van der Waals surface area contributed by atoms with Crippen molar-refractivity contribution in [3.63, 3.8) is 0 Å². The third-order valence-corrected chi connectivity index (χ3v) is 4.61. The molecule has 0 saturated heterocycles. The molecule has 0 radical (unpaired) electrons. The molecule has 136 valence electrons. The zero-order valence-corrected chi connectivity index (χ0v) is 14.5. The third kappa shape index (κ3) is 4.51. The SMILES string of the molecule is Cc1ccc(C(=O)Nc2ccc(OC(F)(F)F)cc2)cc1C1=CNCS1. The highest BCUT2D eigenvalue weighted by molar-refractivity contribution is 8.08. The summed E-state index contributed by atoms with van der Waals surface area (Å²) in [6.45, 7) is 1.97. The lowest BCUT2D eigenvalue weighted by Gasteiger charge is -2.11. The number of rotatable bonds is 4. The number of carbonyl (C=O) groups is 1. The summed E-state index contributed by atoms with van der Waals surface area (Å²) in [4.78, 5) is 13.5. The number of hydrogen-bond donors (Lipinski definition) is 2. The summed E-state index contributed by atoms with van der Waals surface area (Å²) in [5, 5.41) is 5.78. The number of benzene rings is 2. The fraction of sp³-hybridized carbons (Fsp3) is 0.167. The quantitative estimate of drug-likeness (QED) is 0.805. The van der Waals surface area contributed by atoms with Crippen molar-refractivity contribution < 1.29 is 22.7 Å². The van der Waals surface area contributed by atoms with Gasteiger partial charge in [0.1, 0.15) is 5.75 Å². The lowest BCUT2D eigenvalue weighted by atomic mass is 10.0. The number of carbonyl (C=O) groups excluding carboxylic acids is 1. The van der Waals surface area contributed by atoms with Gasteiger partial charge in [0.15, 0.2) is 0 Å². The maximum atomic E-state index is 12.4. The molecule has 3 rings (SSSR count). The summed E-state index contributed by atoms with van der Waals surface area (Å²) in [5.74, 6) is 0.107. The Bertz CT molecular complexity index is 849. The minimum absolute atomic E-state index is 0.340. The van der Waals surface area contributed by atoms with Gasteiger partial charge < -0.3 is 15.4 Å². The zero-order valence-electron chi connectivity index (χ0n) is 13.7. The second-order valence-electron chi connectivity index (χ2n) is 5.56. The molecule has 1 aliphatic heterocycles. The largest absolute Gasteiger partial charge is 0.573 e. The number of thioether (sulfide) groups is 1. The molecule has 0 bridgehead atoms. The van der Waals surface area contributed by atoms with E-state index in [9.17, 15) is 18.0 Å². The van der Waals surface area contributed by atoms with Crippen molar-refractivity contribution in [2.75, 3.05) is 11.2 Å². The Morgan fingerprint density at radius 2 is 1.92 bits per heavy atom. The Kier molecular flexibility index (Phi) is 5.13. The Balaban J connectivity index is 1.73. The number of amides is 1. The van der Waals surface area contributed by atoms with Gasteiger partial charge in [-0.1, -0.05) is 6.07 Å². The lowest BCUT2D eigenvalue weighted by molar-refractivity contribution is -0.274. The molecule has 2 aromatic rings. The smallest absolute Gasteiger partial charge is 0.406 e. The molecule has 0 spiro atoms. The monoisotopic (exact) mass is 380 g/mol. The minimum atomic E-state index is -4.75. The van der Waals surface area contributed by atoms with Crippen molar-refractivity contribution >= 4 is 28.3 Å². The zero-order chi connectivity index (χ0) is 18.7. The first kappa shape index (κ1) is 18.2. The summed E-state index contributed by atoms with van der Waals surface area (Å²) in [6.07, 6.45) is -2.83. The van der Waals surface area contributed by atoms with Gasteiger partial charge in [-0.3, -0.25) is 4.79 Å². The highest BCUT2D eigenvalue weighted by Gasteiger charge is 2.31. The lowest BCUT2D eigenvalue weighted by Crippen LogP contribution is -2.17. The van der Waals surface area contributed by atoms with Crippen LogP contribution in [0, 0.1) is 6.92 Å². The Hall–Kier alpha value is -2.61. The van der Waals surface area contributed by atoms with E-state index in [4.69, 9.17) is 0 Å². The van der Waals surface area contributed by atoms with E-state index in [0.29, 0.717) is 11.3 Å². The Labute approximate surface area is 152 Å². The van der Waals surface area contributed by atoms with Crippen LogP contribution in [0.15, 0.2) is 48.7 Å². The first-order valence-electron chi connectivity index (χ1n) is 7.66. The molecule has 0 atom stereocenters. The van der Waals surface area contributed by atoms with Crippen LogP contribution in [-0.2, 0) is 0 Å². The molecule has 2 aromatic carbocycles. The van der Waals surface area contributed by atoms with E-state index in [1.165, 1.54) is 12.1 Å². The van der Waals surface area contributed by atoms with E-state index in [0.717, 1.165) is 34.0 Å². The number of nitrogens with one attached hydrogen (secondary N) is 2. The van der Waals surface area contributed by atoms with Crippen molar-refractivity contribution in [1.82, 2.24) is 5.32 Å². The molecule has 1 aliphatic rings. The number of alkyl halides is 3. The van der Waals surface area contributed by atoms with Gasteiger partial charge in [0.05, 0.1) is 5.88 Å². The van der Waals surface area contributed by atoms with Crippen LogP contribution in [0.25, 0.3) is 4.91 Å². The molecule has 8 heteroatoms. The fourth-order valence-corrected chi connectivity index (χ4v) is 3.29. The molecular formula is C18H15F3N2O2S. The van der Waals surface area contributed by atoms with E-state index < -0.39 is 6.36 Å². The van der Waals surface area contributed by atoms with Crippen LogP contribution in [0.5, 0.6) is 5.75 Å². The number of halogens is 3. The van der Waals surface area contributed by atoms with Crippen molar-refractivity contribution in [3.05, 3.63) is 65.4 Å². The van der Waals surface area contributed by atoms with E-state index in [1.54, 1.807) is 23.9 Å². The molecule has 0 saturated carbocycles. The molecular weight excluding hydrogens is 365 g/mol. The van der Waals surface area contributed by atoms with E-state index in [1.807, 2.05) is 19.2 Å². The van der Waals surface area contributed by atoms with Gasteiger partial charge in [0.25, 0.3) is 5.91 Å². The van der Waals surface area contributed by atoms with E-state index >= 15 is 0 Å². The first-order chi connectivity index (χ1) is 12.3. The average molecular weight is 380 g/mol. The molecule has 0 aliphatic carbocycles. The molecule has 1 heterocycles. The third-order valence-electron chi connectivity index (χ3n) is 3.66. The predicted molar refractivity (Wildman–Crippen MR) is 95.8 cm³/mol. The average Bonchev–Trinajstić information content (AvgIpc) is 3.10. The van der Waals surface area contributed by atoms with Crippen molar-refractivity contribution in [3.8, 4) is 5.75 Å². The van der Waals surface area contributed by atoms with Gasteiger partial charge in [-0.2, -0.15) is 0 Å². The normalized spacial score (nSPS) is 13.8. The highest BCUT2D eigenvalue weighted by atomic mass is 32.2. The molecule has 1 amide bonds. The van der Waals surface area contributed by atoms with Crippen LogP contribution >= 0.6 is 11.8 Å². The summed E-state index contributed by atoms with van der Waals surface area (Å²) in [6, 6.07) is 10.4. The maximum absolute atomic E-state index is 12.4. The Morgan fingerprint density at radius 1 is 1.19 bits per heavy atom. The number of ether oxygens (including phenoxy) is 1. The topological polar surface area (TPSA) is 50.4 Å².